The van der Waals surface area contributed by atoms with Crippen LogP contribution in [0.4, 0.5) is 10.5 Å². The van der Waals surface area contributed by atoms with E-state index in [1.54, 1.807) is 30.9 Å². The predicted molar refractivity (Wildman–Crippen MR) is 88.9 cm³/mol. The lowest BCUT2D eigenvalue weighted by atomic mass is 10.1. The average Bonchev–Trinajstić information content (AvgIpc) is 2.49. The van der Waals surface area contributed by atoms with E-state index in [9.17, 15) is 18.3 Å². The number of benzene rings is 1. The number of nitrogens with one attached hydrogen (secondary N) is 2. The molecule has 0 saturated carbocycles. The van der Waals surface area contributed by atoms with E-state index in [0.29, 0.717) is 31.6 Å². The van der Waals surface area contributed by atoms with Gasteiger partial charge in [-0.15, -0.1) is 0 Å². The van der Waals surface area contributed by atoms with Crippen molar-refractivity contribution < 1.29 is 18.3 Å². The van der Waals surface area contributed by atoms with Gasteiger partial charge < -0.3 is 15.3 Å². The van der Waals surface area contributed by atoms with Gasteiger partial charge in [-0.3, -0.25) is 0 Å². The second-order valence-corrected chi connectivity index (χ2v) is 8.22. The SMILES string of the molecule is CC(C)S(=O)(=O)NC1CCN(C(=O)Nc2ccc(O)cc2)CC1. The molecule has 0 unspecified atom stereocenters. The first kappa shape index (κ1) is 17.6. The van der Waals surface area contributed by atoms with E-state index in [1.165, 1.54) is 12.1 Å². The van der Waals surface area contributed by atoms with Gasteiger partial charge in [-0.1, -0.05) is 0 Å². The van der Waals surface area contributed by atoms with Crippen molar-refractivity contribution in [3.8, 4) is 5.75 Å². The van der Waals surface area contributed by atoms with Crippen molar-refractivity contribution in [3.05, 3.63) is 24.3 Å². The Morgan fingerprint density at radius 2 is 1.78 bits per heavy atom. The summed E-state index contributed by atoms with van der Waals surface area (Å²) in [7, 11) is -3.28. The molecule has 2 rings (SSSR count). The lowest BCUT2D eigenvalue weighted by Crippen LogP contribution is -2.48. The molecule has 1 aromatic rings. The van der Waals surface area contributed by atoms with Crippen LogP contribution in [0.5, 0.6) is 5.75 Å². The number of phenolic OH excluding ortho intramolecular Hbond substituents is 1. The van der Waals surface area contributed by atoms with E-state index in [1.807, 2.05) is 0 Å². The third-order valence-electron chi connectivity index (χ3n) is 3.85. The van der Waals surface area contributed by atoms with Gasteiger partial charge in [-0.25, -0.2) is 17.9 Å². The van der Waals surface area contributed by atoms with E-state index >= 15 is 0 Å². The minimum Gasteiger partial charge on any atom is -0.508 e. The van der Waals surface area contributed by atoms with Gasteiger partial charge in [0.2, 0.25) is 10.0 Å². The molecule has 1 aliphatic rings. The summed E-state index contributed by atoms with van der Waals surface area (Å²) in [5, 5.41) is 11.5. The molecular weight excluding hydrogens is 318 g/mol. The summed E-state index contributed by atoms with van der Waals surface area (Å²) < 4.78 is 26.4. The molecule has 0 spiro atoms. The van der Waals surface area contributed by atoms with Crippen molar-refractivity contribution in [1.29, 1.82) is 0 Å². The van der Waals surface area contributed by atoms with Crippen LogP contribution in [0.1, 0.15) is 26.7 Å². The highest BCUT2D eigenvalue weighted by Gasteiger charge is 2.27. The number of carbonyl (C=O) groups excluding carboxylic acids is 1. The van der Waals surface area contributed by atoms with Crippen molar-refractivity contribution in [2.24, 2.45) is 0 Å². The third-order valence-corrected chi connectivity index (χ3v) is 5.76. The molecule has 1 aliphatic heterocycles. The zero-order valence-corrected chi connectivity index (χ0v) is 14.1. The number of carbonyl (C=O) groups is 1. The first-order chi connectivity index (χ1) is 10.8. The maximum absolute atomic E-state index is 12.2. The topological polar surface area (TPSA) is 98.7 Å². The Morgan fingerprint density at radius 1 is 1.22 bits per heavy atom. The number of anilines is 1. The van der Waals surface area contributed by atoms with Crippen LogP contribution < -0.4 is 10.0 Å². The summed E-state index contributed by atoms with van der Waals surface area (Å²) >= 11 is 0. The van der Waals surface area contributed by atoms with E-state index in [2.05, 4.69) is 10.0 Å². The highest BCUT2D eigenvalue weighted by atomic mass is 32.2. The van der Waals surface area contributed by atoms with Crippen molar-refractivity contribution in [1.82, 2.24) is 9.62 Å². The van der Waals surface area contributed by atoms with Crippen LogP contribution >= 0.6 is 0 Å². The van der Waals surface area contributed by atoms with Crippen molar-refractivity contribution in [3.63, 3.8) is 0 Å². The molecule has 8 heteroatoms. The number of urea groups is 1. The fourth-order valence-electron chi connectivity index (χ4n) is 2.32. The maximum Gasteiger partial charge on any atom is 0.321 e. The number of amides is 2. The molecule has 1 heterocycles. The Hall–Kier alpha value is -1.80. The van der Waals surface area contributed by atoms with Gasteiger partial charge in [0, 0.05) is 24.8 Å². The van der Waals surface area contributed by atoms with Crippen LogP contribution in [0, 0.1) is 0 Å². The van der Waals surface area contributed by atoms with Crippen LogP contribution in [0.25, 0.3) is 0 Å². The zero-order valence-electron chi connectivity index (χ0n) is 13.3. The number of aromatic hydroxyl groups is 1. The summed E-state index contributed by atoms with van der Waals surface area (Å²) in [6.45, 7) is 4.27. The van der Waals surface area contributed by atoms with Crippen LogP contribution in [0.3, 0.4) is 0 Å². The highest BCUT2D eigenvalue weighted by molar-refractivity contribution is 7.90. The number of nitrogens with zero attached hydrogens (tertiary/aromatic N) is 1. The number of sulfonamides is 1. The van der Waals surface area contributed by atoms with Crippen molar-refractivity contribution in [2.45, 2.75) is 38.0 Å². The molecule has 0 aromatic heterocycles. The molecule has 128 valence electrons. The molecule has 1 fully saturated rings. The molecule has 2 amide bonds. The number of rotatable bonds is 4. The molecule has 1 saturated heterocycles. The quantitative estimate of drug-likeness (QED) is 0.726. The minimum atomic E-state index is -3.28. The molecule has 0 bridgehead atoms. The summed E-state index contributed by atoms with van der Waals surface area (Å²) in [5.74, 6) is 0.140. The Labute approximate surface area is 136 Å². The van der Waals surface area contributed by atoms with Gasteiger partial charge in [-0.2, -0.15) is 0 Å². The molecule has 0 atom stereocenters. The van der Waals surface area contributed by atoms with Gasteiger partial charge in [0.05, 0.1) is 5.25 Å². The van der Waals surface area contributed by atoms with E-state index in [4.69, 9.17) is 0 Å². The van der Waals surface area contributed by atoms with E-state index in [0.717, 1.165) is 0 Å². The summed E-state index contributed by atoms with van der Waals surface area (Å²) in [4.78, 5) is 13.8. The largest absolute Gasteiger partial charge is 0.508 e. The van der Waals surface area contributed by atoms with Gasteiger partial charge in [0.25, 0.3) is 0 Å². The fraction of sp³-hybridized carbons (Fsp3) is 0.533. The number of hydrogen-bond donors (Lipinski definition) is 3. The second kappa shape index (κ2) is 7.18. The molecule has 23 heavy (non-hydrogen) atoms. The molecule has 7 nitrogen and oxygen atoms in total. The normalized spacial score (nSPS) is 16.6. The van der Waals surface area contributed by atoms with Gasteiger partial charge >= 0.3 is 6.03 Å². The van der Waals surface area contributed by atoms with Crippen molar-refractivity contribution in [2.75, 3.05) is 18.4 Å². The summed E-state index contributed by atoms with van der Waals surface area (Å²) in [5.41, 5.74) is 0.607. The van der Waals surface area contributed by atoms with E-state index < -0.39 is 15.3 Å². The van der Waals surface area contributed by atoms with Gasteiger partial charge in [0.15, 0.2) is 0 Å². The molecular formula is C15H23N3O4S. The second-order valence-electron chi connectivity index (χ2n) is 5.95. The van der Waals surface area contributed by atoms with Gasteiger partial charge in [-0.05, 0) is 51.0 Å². The lowest BCUT2D eigenvalue weighted by molar-refractivity contribution is 0.193. The van der Waals surface area contributed by atoms with Gasteiger partial charge in [0.1, 0.15) is 5.75 Å². The molecule has 1 aromatic carbocycles. The van der Waals surface area contributed by atoms with E-state index in [-0.39, 0.29) is 17.8 Å². The summed E-state index contributed by atoms with van der Waals surface area (Å²) in [6, 6.07) is 5.90. The molecule has 0 aliphatic carbocycles. The Bertz CT molecular complexity index is 635. The standard InChI is InChI=1S/C15H23N3O4S/c1-11(2)23(21,22)17-13-7-9-18(10-8-13)15(20)16-12-3-5-14(19)6-4-12/h3-6,11,13,17,19H,7-10H2,1-2H3,(H,16,20). The number of likely N-dealkylation sites (tertiary alicyclic amines) is 1. The first-order valence-corrected chi connectivity index (χ1v) is 9.18. The maximum atomic E-state index is 12.2. The highest BCUT2D eigenvalue weighted by Crippen LogP contribution is 2.17. The first-order valence-electron chi connectivity index (χ1n) is 7.64. The minimum absolute atomic E-state index is 0.125. The molecule has 3 N–H and O–H groups in total. The Balaban J connectivity index is 1.84. The van der Waals surface area contributed by atoms with Crippen molar-refractivity contribution >= 4 is 21.7 Å². The smallest absolute Gasteiger partial charge is 0.321 e. The fourth-order valence-corrected chi connectivity index (χ4v) is 3.29. The number of phenols is 1. The average molecular weight is 341 g/mol. The third kappa shape index (κ3) is 4.84. The Kier molecular flexibility index (Phi) is 5.48. The number of piperidine rings is 1. The van der Waals surface area contributed by atoms with Crippen LogP contribution in [0.2, 0.25) is 0 Å². The molecule has 0 radical (unpaired) electrons. The number of hydrogen-bond acceptors (Lipinski definition) is 4. The summed E-state index contributed by atoms with van der Waals surface area (Å²) in [6.07, 6.45) is 1.18. The van der Waals surface area contributed by atoms with Crippen LogP contribution in [-0.4, -0.2) is 48.8 Å². The lowest BCUT2D eigenvalue weighted by Gasteiger charge is -2.32. The Morgan fingerprint density at radius 3 is 2.30 bits per heavy atom. The monoisotopic (exact) mass is 341 g/mol. The van der Waals surface area contributed by atoms with Crippen LogP contribution in [-0.2, 0) is 10.0 Å². The predicted octanol–water partition coefficient (Wildman–Crippen LogP) is 1.72. The zero-order chi connectivity index (χ0) is 17.0. The van der Waals surface area contributed by atoms with Crippen LogP contribution in [0.15, 0.2) is 24.3 Å².